The van der Waals surface area contributed by atoms with Gasteiger partial charge < -0.3 is 20.7 Å². The van der Waals surface area contributed by atoms with Gasteiger partial charge in [0.1, 0.15) is 17.6 Å². The van der Waals surface area contributed by atoms with Crippen LogP contribution in [0.4, 0.5) is 14.7 Å². The number of nitrogen functional groups attached to an aromatic ring is 1. The van der Waals surface area contributed by atoms with Crippen LogP contribution in [-0.2, 0) is 4.74 Å². The highest BCUT2D eigenvalue weighted by molar-refractivity contribution is 6.30. The van der Waals surface area contributed by atoms with Crippen LogP contribution < -0.4 is 11.3 Å². The van der Waals surface area contributed by atoms with Crippen LogP contribution in [0.3, 0.4) is 0 Å². The summed E-state index contributed by atoms with van der Waals surface area (Å²) in [5, 5.41) is 20.8. The third kappa shape index (κ3) is 2.25. The summed E-state index contributed by atoms with van der Waals surface area (Å²) in [6.45, 7) is -3.16. The standard InChI is InChI=1S/C13H11ClF2N4O4/c14-2-1-13(16)8(22)6(4-21)24-11(13)20-3-5(15)7-9(20)18-12(17)19-10(7)23/h3,6,8,11,21-22H,4H2,(H3,17,18,19,23)/t6-,8+,11-,13?/m1/s1/i4D2. The van der Waals surface area contributed by atoms with Crippen molar-refractivity contribution < 1.29 is 26.5 Å². The fourth-order valence-electron chi connectivity index (χ4n) is 2.56. The lowest BCUT2D eigenvalue weighted by molar-refractivity contribution is -0.0503. The van der Waals surface area contributed by atoms with Crippen LogP contribution in [0.2, 0.25) is 0 Å². The number of H-pyrrole nitrogens is 1. The minimum Gasteiger partial charge on any atom is -0.394 e. The Morgan fingerprint density at radius 3 is 3.04 bits per heavy atom. The largest absolute Gasteiger partial charge is 0.394 e. The van der Waals surface area contributed by atoms with Gasteiger partial charge in [-0.2, -0.15) is 4.98 Å². The van der Waals surface area contributed by atoms with E-state index in [2.05, 4.69) is 9.97 Å². The molecule has 0 bridgehead atoms. The number of aromatic amines is 1. The summed E-state index contributed by atoms with van der Waals surface area (Å²) in [5.74, 6) is 0.338. The van der Waals surface area contributed by atoms with Crippen molar-refractivity contribution in [3.05, 3.63) is 22.4 Å². The van der Waals surface area contributed by atoms with Crippen molar-refractivity contribution >= 4 is 28.6 Å². The van der Waals surface area contributed by atoms with E-state index in [1.54, 1.807) is 5.38 Å². The van der Waals surface area contributed by atoms with Gasteiger partial charge in [0.05, 0.1) is 9.30 Å². The van der Waals surface area contributed by atoms with Crippen molar-refractivity contribution in [2.45, 2.75) is 24.1 Å². The molecule has 2 aromatic rings. The lowest BCUT2D eigenvalue weighted by Gasteiger charge is -2.23. The third-order valence-electron chi connectivity index (χ3n) is 3.63. The second-order valence-electron chi connectivity index (χ2n) is 5.00. The zero-order valence-electron chi connectivity index (χ0n) is 13.6. The van der Waals surface area contributed by atoms with Gasteiger partial charge >= 0.3 is 0 Å². The first-order valence-electron chi connectivity index (χ1n) is 7.44. The average molecular weight is 363 g/mol. The van der Waals surface area contributed by atoms with Crippen molar-refractivity contribution in [2.24, 2.45) is 0 Å². The molecule has 0 spiro atoms. The molecule has 0 amide bonds. The van der Waals surface area contributed by atoms with E-state index >= 15 is 4.39 Å². The fraction of sp³-hybridized carbons (Fsp3) is 0.385. The molecule has 8 nitrogen and oxygen atoms in total. The van der Waals surface area contributed by atoms with Gasteiger partial charge in [-0.15, -0.1) is 0 Å². The van der Waals surface area contributed by atoms with Gasteiger partial charge in [0.25, 0.3) is 5.56 Å². The topological polar surface area (TPSA) is 126 Å². The first kappa shape index (κ1) is 14.2. The van der Waals surface area contributed by atoms with E-state index in [1.165, 1.54) is 0 Å². The number of alkyl halides is 1. The van der Waals surface area contributed by atoms with E-state index in [0.29, 0.717) is 10.8 Å². The number of hydrogen-bond donors (Lipinski definition) is 4. The monoisotopic (exact) mass is 362 g/mol. The summed E-state index contributed by atoms with van der Waals surface area (Å²) < 4.78 is 49.9. The van der Waals surface area contributed by atoms with E-state index in [0.717, 1.165) is 0 Å². The smallest absolute Gasteiger partial charge is 0.264 e. The molecule has 0 aromatic carbocycles. The molecule has 3 rings (SSSR count). The minimum atomic E-state index is -3.16. The fourth-order valence-corrected chi connectivity index (χ4v) is 2.71. The predicted molar refractivity (Wildman–Crippen MR) is 79.2 cm³/mol. The molecule has 1 aliphatic rings. The second-order valence-corrected chi connectivity index (χ2v) is 5.19. The van der Waals surface area contributed by atoms with Gasteiger partial charge in [0.2, 0.25) is 11.6 Å². The first-order valence-corrected chi connectivity index (χ1v) is 6.82. The van der Waals surface area contributed by atoms with Gasteiger partial charge in [-0.3, -0.25) is 14.3 Å². The molecule has 4 atom stereocenters. The summed E-state index contributed by atoms with van der Waals surface area (Å²) >= 11 is 5.23. The Hall–Kier alpha value is -2.19. The van der Waals surface area contributed by atoms with Gasteiger partial charge in [-0.05, 0) is 17.5 Å². The van der Waals surface area contributed by atoms with E-state index in [1.807, 2.05) is 5.92 Å². The van der Waals surface area contributed by atoms with Crippen molar-refractivity contribution in [1.82, 2.24) is 14.5 Å². The van der Waals surface area contributed by atoms with Gasteiger partial charge in [-0.25, -0.2) is 8.78 Å². The van der Waals surface area contributed by atoms with E-state index < -0.39 is 59.0 Å². The van der Waals surface area contributed by atoms with Crippen molar-refractivity contribution in [1.29, 1.82) is 0 Å². The molecule has 2 aromatic heterocycles. The maximum absolute atomic E-state index is 15.4. The van der Waals surface area contributed by atoms with Crippen LogP contribution >= 0.6 is 11.6 Å². The zero-order valence-corrected chi connectivity index (χ0v) is 12.4. The first-order chi connectivity index (χ1) is 12.0. The molecule has 1 fully saturated rings. The molecule has 0 aliphatic carbocycles. The summed E-state index contributed by atoms with van der Waals surface area (Å²) in [6, 6.07) is 0. The molecule has 1 unspecified atom stereocenters. The van der Waals surface area contributed by atoms with Crippen LogP contribution in [0.5, 0.6) is 0 Å². The Morgan fingerprint density at radius 1 is 1.71 bits per heavy atom. The third-order valence-corrected chi connectivity index (χ3v) is 3.72. The number of nitrogens with two attached hydrogens (primary N) is 1. The van der Waals surface area contributed by atoms with Crippen LogP contribution in [0.25, 0.3) is 11.0 Å². The van der Waals surface area contributed by atoms with E-state index in [-0.39, 0.29) is 0 Å². The minimum absolute atomic E-state index is 0.401. The molecule has 5 N–H and O–H groups in total. The lowest BCUT2D eigenvalue weighted by Crippen LogP contribution is -2.42. The average Bonchev–Trinajstić information content (AvgIpc) is 2.95. The molecular formula is C13H11ClF2N4O4. The van der Waals surface area contributed by atoms with Gasteiger partial charge in [-0.1, -0.05) is 0 Å². The predicted octanol–water partition coefficient (Wildman–Crippen LogP) is -0.396. The van der Waals surface area contributed by atoms with Crippen molar-refractivity contribution in [2.75, 3.05) is 12.3 Å². The number of halogens is 3. The highest BCUT2D eigenvalue weighted by Gasteiger charge is 2.58. The Labute approximate surface area is 140 Å². The van der Waals surface area contributed by atoms with E-state index in [9.17, 15) is 19.4 Å². The number of anilines is 1. The van der Waals surface area contributed by atoms with Gasteiger partial charge in [0, 0.05) is 11.6 Å². The molecule has 0 saturated carbocycles. The summed E-state index contributed by atoms with van der Waals surface area (Å²) in [6.07, 6.45) is -5.71. The van der Waals surface area contributed by atoms with Crippen molar-refractivity contribution in [3.63, 3.8) is 0 Å². The number of rotatable bonds is 2. The number of nitrogens with zero attached hydrogens (tertiary/aromatic N) is 2. The van der Waals surface area contributed by atoms with Crippen LogP contribution in [-0.4, -0.2) is 49.2 Å². The maximum Gasteiger partial charge on any atom is 0.264 e. The summed E-state index contributed by atoms with van der Waals surface area (Å²) in [5.41, 5.74) is 0.988. The summed E-state index contributed by atoms with van der Waals surface area (Å²) in [4.78, 5) is 17.7. The number of aromatic nitrogens is 3. The highest BCUT2D eigenvalue weighted by atomic mass is 35.5. The SMILES string of the molecule is [2H]C([2H])(O)[C@H]1O[C@@H](n2cc(F)c3c(=O)[nH]c(N)nc32)C(F)(C#CCl)[C@H]1O. The van der Waals surface area contributed by atoms with E-state index in [4.69, 9.17) is 24.8 Å². The molecule has 1 saturated heterocycles. The van der Waals surface area contributed by atoms with Gasteiger partial charge in [0.15, 0.2) is 17.7 Å². The normalized spacial score (nSPS) is 31.5. The molecular weight excluding hydrogens is 350 g/mol. The second kappa shape index (κ2) is 5.71. The number of hydrogen-bond acceptors (Lipinski definition) is 6. The van der Waals surface area contributed by atoms with Crippen LogP contribution in [0, 0.1) is 17.1 Å². The molecule has 1 aliphatic heterocycles. The highest BCUT2D eigenvalue weighted by Crippen LogP contribution is 2.42. The van der Waals surface area contributed by atoms with Crippen LogP contribution in [0.1, 0.15) is 8.97 Å². The Morgan fingerprint density at radius 2 is 2.42 bits per heavy atom. The van der Waals surface area contributed by atoms with Crippen LogP contribution in [0.15, 0.2) is 11.0 Å². The maximum atomic E-state index is 15.4. The number of fused-ring (bicyclic) bond motifs is 1. The lowest BCUT2D eigenvalue weighted by atomic mass is 9.97. The summed E-state index contributed by atoms with van der Waals surface area (Å²) in [7, 11) is 0. The Bertz CT molecular complexity index is 998. The molecule has 3 heterocycles. The number of nitrogens with one attached hydrogen (secondary N) is 1. The van der Waals surface area contributed by atoms with Crippen molar-refractivity contribution in [3.8, 4) is 11.3 Å². The molecule has 128 valence electrons. The zero-order chi connectivity index (χ0) is 19.4. The Kier molecular flexibility index (Phi) is 3.37. The molecule has 11 heteroatoms. The molecule has 24 heavy (non-hydrogen) atoms. The quantitative estimate of drug-likeness (QED) is 0.539. The number of aliphatic hydroxyl groups is 2. The molecule has 0 radical (unpaired) electrons. The number of aliphatic hydroxyl groups excluding tert-OH is 1. The Balaban J connectivity index is 2.26. The number of ether oxygens (including phenoxy) is 1.